The maximum absolute atomic E-state index is 5.99. The van der Waals surface area contributed by atoms with E-state index in [1.54, 1.807) is 0 Å². The molecule has 17 heavy (non-hydrogen) atoms. The van der Waals surface area contributed by atoms with Gasteiger partial charge in [-0.05, 0) is 36.0 Å². The van der Waals surface area contributed by atoms with Crippen LogP contribution in [-0.4, -0.2) is 19.1 Å². The highest BCUT2D eigenvalue weighted by Crippen LogP contribution is 2.23. The van der Waals surface area contributed by atoms with E-state index in [0.717, 1.165) is 24.7 Å². The maximum atomic E-state index is 5.99. The molecule has 96 valence electrons. The van der Waals surface area contributed by atoms with Crippen molar-refractivity contribution in [2.45, 2.75) is 26.2 Å². The largest absolute Gasteiger partial charge is 0.381 e. The fourth-order valence-electron chi connectivity index (χ4n) is 1.61. The standard InChI is InChI=1S/C14H20Cl2O/c1-11(2)10-17-8-7-13(9-15)12-3-5-14(16)6-4-12/h3-6,11,13H,7-10H2,1-2H3. The molecule has 1 aromatic rings. The predicted molar refractivity (Wildman–Crippen MR) is 75.2 cm³/mol. The molecule has 0 spiro atoms. The number of hydrogen-bond acceptors (Lipinski definition) is 1. The molecule has 0 aliphatic carbocycles. The number of hydrogen-bond donors (Lipinski definition) is 0. The molecule has 0 N–H and O–H groups in total. The second-order valence-corrected chi connectivity index (χ2v) is 5.41. The van der Waals surface area contributed by atoms with Crippen molar-refractivity contribution in [3.8, 4) is 0 Å². The summed E-state index contributed by atoms with van der Waals surface area (Å²) in [5.41, 5.74) is 1.23. The lowest BCUT2D eigenvalue weighted by Gasteiger charge is -2.15. The molecule has 0 radical (unpaired) electrons. The van der Waals surface area contributed by atoms with E-state index in [1.165, 1.54) is 5.56 Å². The Labute approximate surface area is 114 Å². The summed E-state index contributed by atoms with van der Waals surface area (Å²) in [5, 5.41) is 0.762. The topological polar surface area (TPSA) is 9.23 Å². The summed E-state index contributed by atoms with van der Waals surface area (Å²) in [6.45, 7) is 5.88. The molecule has 1 unspecified atom stereocenters. The van der Waals surface area contributed by atoms with Crippen LogP contribution >= 0.6 is 23.2 Å². The zero-order chi connectivity index (χ0) is 12.7. The van der Waals surface area contributed by atoms with Crippen LogP contribution < -0.4 is 0 Å². The van der Waals surface area contributed by atoms with Crippen molar-refractivity contribution >= 4 is 23.2 Å². The number of rotatable bonds is 7. The van der Waals surface area contributed by atoms with E-state index in [0.29, 0.717) is 17.7 Å². The van der Waals surface area contributed by atoms with Crippen LogP contribution in [0.4, 0.5) is 0 Å². The van der Waals surface area contributed by atoms with Crippen LogP contribution in [0.25, 0.3) is 0 Å². The van der Waals surface area contributed by atoms with Crippen LogP contribution in [0.5, 0.6) is 0 Å². The molecular weight excluding hydrogens is 255 g/mol. The first-order valence-electron chi connectivity index (χ1n) is 6.02. The quantitative estimate of drug-likeness (QED) is 0.516. The van der Waals surface area contributed by atoms with Gasteiger partial charge in [0, 0.05) is 24.1 Å². The first-order chi connectivity index (χ1) is 8.13. The Morgan fingerprint density at radius 3 is 2.35 bits per heavy atom. The normalized spacial score (nSPS) is 13.0. The molecule has 0 aromatic heterocycles. The van der Waals surface area contributed by atoms with Crippen molar-refractivity contribution in [1.29, 1.82) is 0 Å². The molecule has 1 rings (SSSR count). The van der Waals surface area contributed by atoms with Crippen molar-refractivity contribution in [2.24, 2.45) is 5.92 Å². The van der Waals surface area contributed by atoms with Crippen molar-refractivity contribution < 1.29 is 4.74 Å². The summed E-state index contributed by atoms with van der Waals surface area (Å²) in [5.74, 6) is 1.55. The van der Waals surface area contributed by atoms with Gasteiger partial charge in [-0.2, -0.15) is 0 Å². The zero-order valence-corrected chi connectivity index (χ0v) is 12.0. The lowest BCUT2D eigenvalue weighted by atomic mass is 9.98. The predicted octanol–water partition coefficient (Wildman–Crippen LogP) is 4.73. The van der Waals surface area contributed by atoms with Crippen LogP contribution in [0.1, 0.15) is 31.7 Å². The van der Waals surface area contributed by atoms with Gasteiger partial charge in [-0.15, -0.1) is 11.6 Å². The van der Waals surface area contributed by atoms with Gasteiger partial charge >= 0.3 is 0 Å². The molecule has 0 heterocycles. The summed E-state index contributed by atoms with van der Waals surface area (Å²) >= 11 is 11.9. The molecule has 0 aliphatic heterocycles. The van der Waals surface area contributed by atoms with E-state index < -0.39 is 0 Å². The minimum Gasteiger partial charge on any atom is -0.381 e. The lowest BCUT2D eigenvalue weighted by molar-refractivity contribution is 0.105. The van der Waals surface area contributed by atoms with Crippen LogP contribution in [0.2, 0.25) is 5.02 Å². The van der Waals surface area contributed by atoms with Crippen molar-refractivity contribution in [2.75, 3.05) is 19.1 Å². The summed E-state index contributed by atoms with van der Waals surface area (Å²) in [6, 6.07) is 7.90. The molecule has 0 fully saturated rings. The van der Waals surface area contributed by atoms with Crippen LogP contribution in [0, 0.1) is 5.92 Å². The minimum atomic E-state index is 0.348. The Morgan fingerprint density at radius 2 is 1.82 bits per heavy atom. The number of halogens is 2. The van der Waals surface area contributed by atoms with E-state index in [-0.39, 0.29) is 0 Å². The molecular formula is C14H20Cl2O. The Hall–Kier alpha value is -0.240. The summed E-state index contributed by atoms with van der Waals surface area (Å²) in [7, 11) is 0. The Bertz CT molecular complexity index is 309. The van der Waals surface area contributed by atoms with Gasteiger partial charge in [-0.25, -0.2) is 0 Å². The highest BCUT2D eigenvalue weighted by molar-refractivity contribution is 6.30. The second-order valence-electron chi connectivity index (χ2n) is 4.66. The maximum Gasteiger partial charge on any atom is 0.0488 e. The van der Waals surface area contributed by atoms with Gasteiger partial charge in [0.15, 0.2) is 0 Å². The van der Waals surface area contributed by atoms with Crippen molar-refractivity contribution in [1.82, 2.24) is 0 Å². The van der Waals surface area contributed by atoms with Crippen LogP contribution in [0.15, 0.2) is 24.3 Å². The minimum absolute atomic E-state index is 0.348. The van der Waals surface area contributed by atoms with E-state index in [1.807, 2.05) is 24.3 Å². The monoisotopic (exact) mass is 274 g/mol. The number of alkyl halides is 1. The summed E-state index contributed by atoms with van der Waals surface area (Å²) < 4.78 is 5.59. The highest BCUT2D eigenvalue weighted by atomic mass is 35.5. The Kier molecular flexibility index (Phi) is 6.94. The van der Waals surface area contributed by atoms with Gasteiger partial charge in [0.25, 0.3) is 0 Å². The van der Waals surface area contributed by atoms with Crippen molar-refractivity contribution in [3.05, 3.63) is 34.9 Å². The Balaban J connectivity index is 2.40. The molecule has 3 heteroatoms. The number of benzene rings is 1. The lowest BCUT2D eigenvalue weighted by Crippen LogP contribution is -2.08. The average Bonchev–Trinajstić information content (AvgIpc) is 2.30. The molecule has 0 bridgehead atoms. The van der Waals surface area contributed by atoms with Gasteiger partial charge < -0.3 is 4.74 Å². The molecule has 1 atom stereocenters. The van der Waals surface area contributed by atoms with Crippen LogP contribution in [0.3, 0.4) is 0 Å². The molecule has 0 saturated carbocycles. The third kappa shape index (κ3) is 5.76. The van der Waals surface area contributed by atoms with Crippen LogP contribution in [-0.2, 0) is 4.74 Å². The molecule has 1 nitrogen and oxygen atoms in total. The fraction of sp³-hybridized carbons (Fsp3) is 0.571. The van der Waals surface area contributed by atoms with E-state index >= 15 is 0 Å². The zero-order valence-electron chi connectivity index (χ0n) is 10.5. The first kappa shape index (κ1) is 14.8. The molecule has 1 aromatic carbocycles. The summed E-state index contributed by atoms with van der Waals surface area (Å²) in [6.07, 6.45) is 0.956. The Morgan fingerprint density at radius 1 is 1.18 bits per heavy atom. The van der Waals surface area contributed by atoms with Gasteiger partial charge in [-0.3, -0.25) is 0 Å². The molecule has 0 aliphatic rings. The van der Waals surface area contributed by atoms with Gasteiger partial charge in [0.2, 0.25) is 0 Å². The SMILES string of the molecule is CC(C)COCCC(CCl)c1ccc(Cl)cc1. The van der Waals surface area contributed by atoms with Crippen molar-refractivity contribution in [3.63, 3.8) is 0 Å². The average molecular weight is 275 g/mol. The third-order valence-corrected chi connectivity index (χ3v) is 3.21. The third-order valence-electron chi connectivity index (χ3n) is 2.59. The molecule has 0 saturated heterocycles. The van der Waals surface area contributed by atoms with Gasteiger partial charge in [-0.1, -0.05) is 37.6 Å². The number of ether oxygens (including phenoxy) is 1. The van der Waals surface area contributed by atoms with Gasteiger partial charge in [0.1, 0.15) is 0 Å². The highest BCUT2D eigenvalue weighted by Gasteiger charge is 2.10. The fourth-order valence-corrected chi connectivity index (χ4v) is 2.07. The molecule has 0 amide bonds. The van der Waals surface area contributed by atoms with Gasteiger partial charge in [0.05, 0.1) is 0 Å². The van der Waals surface area contributed by atoms with E-state index in [4.69, 9.17) is 27.9 Å². The first-order valence-corrected chi connectivity index (χ1v) is 6.94. The smallest absolute Gasteiger partial charge is 0.0488 e. The second kappa shape index (κ2) is 7.97. The van der Waals surface area contributed by atoms with E-state index in [9.17, 15) is 0 Å². The van der Waals surface area contributed by atoms with E-state index in [2.05, 4.69) is 13.8 Å². The summed E-state index contributed by atoms with van der Waals surface area (Å²) in [4.78, 5) is 0.